The quantitative estimate of drug-likeness (QED) is 0.661. The first kappa shape index (κ1) is 16.9. The molecule has 0 radical (unpaired) electrons. The van der Waals surface area contributed by atoms with Crippen LogP contribution in [0.25, 0.3) is 16.8 Å². The predicted molar refractivity (Wildman–Crippen MR) is 90.5 cm³/mol. The van der Waals surface area contributed by atoms with Crippen LogP contribution in [0.4, 0.5) is 0 Å². The molecule has 0 N–H and O–H groups in total. The molecule has 3 heteroatoms. The Kier molecular flexibility index (Phi) is 7.16. The summed E-state index contributed by atoms with van der Waals surface area (Å²) in [5.41, 5.74) is 4.39. The van der Waals surface area contributed by atoms with Crippen molar-refractivity contribution in [1.29, 1.82) is 0 Å². The van der Waals surface area contributed by atoms with Crippen molar-refractivity contribution < 1.29 is 0 Å². The molecule has 2 heterocycles. The predicted octanol–water partition coefficient (Wildman–Crippen LogP) is 5.01. The van der Waals surface area contributed by atoms with Crippen LogP contribution in [0.2, 0.25) is 0 Å². The number of aryl methyl sites for hydroxylation is 1. The Labute approximate surface area is 127 Å². The van der Waals surface area contributed by atoms with Gasteiger partial charge < -0.3 is 0 Å². The van der Waals surface area contributed by atoms with Gasteiger partial charge in [-0.05, 0) is 12.0 Å². The van der Waals surface area contributed by atoms with Gasteiger partial charge in [0.1, 0.15) is 0 Å². The average molecular weight is 283 g/mol. The monoisotopic (exact) mass is 283 g/mol. The van der Waals surface area contributed by atoms with Gasteiger partial charge in [-0.2, -0.15) is 5.10 Å². The van der Waals surface area contributed by atoms with Crippen molar-refractivity contribution in [3.8, 4) is 11.1 Å². The first-order valence-electron chi connectivity index (χ1n) is 7.76. The molecule has 0 spiro atoms. The number of hydrogen-bond donors (Lipinski definition) is 0. The zero-order valence-corrected chi connectivity index (χ0v) is 13.7. The SMILES string of the molecule is CC.CC.CCc1cnn2cc(-c3ccccc3)cnc12. The summed E-state index contributed by atoms with van der Waals surface area (Å²) in [6.45, 7) is 10.1. The van der Waals surface area contributed by atoms with Crippen LogP contribution in [0.1, 0.15) is 40.2 Å². The van der Waals surface area contributed by atoms with Crippen molar-refractivity contribution in [2.24, 2.45) is 0 Å². The Morgan fingerprint density at radius 1 is 0.905 bits per heavy atom. The molecule has 0 unspecified atom stereocenters. The third-order valence-electron chi connectivity index (χ3n) is 2.92. The Balaban J connectivity index is 0.000000510. The van der Waals surface area contributed by atoms with E-state index in [-0.39, 0.29) is 0 Å². The second-order valence-electron chi connectivity index (χ2n) is 4.00. The van der Waals surface area contributed by atoms with Crippen LogP contribution >= 0.6 is 0 Å². The Hall–Kier alpha value is -2.16. The lowest BCUT2D eigenvalue weighted by atomic mass is 10.1. The molecule has 3 aromatic rings. The Morgan fingerprint density at radius 3 is 2.19 bits per heavy atom. The molecule has 0 aliphatic rings. The van der Waals surface area contributed by atoms with Gasteiger partial charge >= 0.3 is 0 Å². The summed E-state index contributed by atoms with van der Waals surface area (Å²) >= 11 is 0. The van der Waals surface area contributed by atoms with E-state index in [1.807, 2.05) is 69.0 Å². The van der Waals surface area contributed by atoms with Gasteiger partial charge in [-0.1, -0.05) is 65.0 Å². The molecule has 0 fully saturated rings. The lowest BCUT2D eigenvalue weighted by molar-refractivity contribution is 0.941. The Morgan fingerprint density at radius 2 is 1.57 bits per heavy atom. The van der Waals surface area contributed by atoms with Gasteiger partial charge in [0.15, 0.2) is 5.65 Å². The van der Waals surface area contributed by atoms with Crippen LogP contribution in [-0.2, 0) is 6.42 Å². The standard InChI is InChI=1S/C14H13N3.2C2H6/c1-2-11-9-16-17-10-13(8-15-14(11)17)12-6-4-3-5-7-12;2*1-2/h3-10H,2H2,1H3;2*1-2H3. The maximum absolute atomic E-state index is 4.49. The summed E-state index contributed by atoms with van der Waals surface area (Å²) in [5, 5.41) is 4.33. The van der Waals surface area contributed by atoms with E-state index in [9.17, 15) is 0 Å². The van der Waals surface area contributed by atoms with Gasteiger partial charge in [0.2, 0.25) is 0 Å². The van der Waals surface area contributed by atoms with Gasteiger partial charge in [0, 0.05) is 23.5 Å². The van der Waals surface area contributed by atoms with E-state index < -0.39 is 0 Å². The minimum atomic E-state index is 0.951. The molecule has 2 aromatic heterocycles. The molecule has 0 atom stereocenters. The highest BCUT2D eigenvalue weighted by Gasteiger charge is 2.05. The van der Waals surface area contributed by atoms with Crippen LogP contribution in [0.15, 0.2) is 48.9 Å². The molecule has 21 heavy (non-hydrogen) atoms. The van der Waals surface area contributed by atoms with Gasteiger partial charge in [0.05, 0.1) is 6.20 Å². The van der Waals surface area contributed by atoms with Crippen molar-refractivity contribution in [3.05, 3.63) is 54.5 Å². The maximum Gasteiger partial charge on any atom is 0.158 e. The summed E-state index contributed by atoms with van der Waals surface area (Å²) in [7, 11) is 0. The minimum Gasteiger partial charge on any atom is -0.236 e. The van der Waals surface area contributed by atoms with Crippen molar-refractivity contribution >= 4 is 5.65 Å². The molecule has 0 saturated carbocycles. The molecule has 0 amide bonds. The summed E-state index contributed by atoms with van der Waals surface area (Å²) in [4.78, 5) is 4.49. The maximum atomic E-state index is 4.49. The summed E-state index contributed by atoms with van der Waals surface area (Å²) in [6, 6.07) is 10.2. The van der Waals surface area contributed by atoms with Crippen LogP contribution < -0.4 is 0 Å². The number of nitrogens with zero attached hydrogens (tertiary/aromatic N) is 3. The van der Waals surface area contributed by atoms with E-state index in [4.69, 9.17) is 0 Å². The lowest BCUT2D eigenvalue weighted by Gasteiger charge is -2.01. The smallest absolute Gasteiger partial charge is 0.158 e. The van der Waals surface area contributed by atoms with Crippen molar-refractivity contribution in [2.75, 3.05) is 0 Å². The summed E-state index contributed by atoms with van der Waals surface area (Å²) in [6.07, 6.45) is 6.78. The molecule has 0 bridgehead atoms. The number of hydrogen-bond acceptors (Lipinski definition) is 2. The zero-order valence-electron chi connectivity index (χ0n) is 13.7. The van der Waals surface area contributed by atoms with Gasteiger partial charge in [-0.25, -0.2) is 9.50 Å². The molecule has 3 nitrogen and oxygen atoms in total. The van der Waals surface area contributed by atoms with Gasteiger partial charge in [0.25, 0.3) is 0 Å². The molecule has 1 aromatic carbocycles. The summed E-state index contributed by atoms with van der Waals surface area (Å²) in [5.74, 6) is 0. The fraction of sp³-hybridized carbons (Fsp3) is 0.333. The first-order valence-corrected chi connectivity index (χ1v) is 7.76. The molecule has 3 rings (SSSR count). The van der Waals surface area contributed by atoms with Gasteiger partial charge in [-0.15, -0.1) is 0 Å². The van der Waals surface area contributed by atoms with Crippen LogP contribution in [0, 0.1) is 0 Å². The highest BCUT2D eigenvalue weighted by Crippen LogP contribution is 2.19. The van der Waals surface area contributed by atoms with Crippen LogP contribution in [0.5, 0.6) is 0 Å². The van der Waals surface area contributed by atoms with E-state index in [0.717, 1.165) is 23.2 Å². The molecule has 0 saturated heterocycles. The fourth-order valence-corrected chi connectivity index (χ4v) is 1.95. The highest BCUT2D eigenvalue weighted by atomic mass is 15.2. The normalized spacial score (nSPS) is 9.38. The number of aromatic nitrogens is 3. The van der Waals surface area contributed by atoms with Crippen molar-refractivity contribution in [2.45, 2.75) is 41.0 Å². The van der Waals surface area contributed by atoms with E-state index in [0.29, 0.717) is 0 Å². The van der Waals surface area contributed by atoms with E-state index in [1.165, 1.54) is 5.56 Å². The third-order valence-corrected chi connectivity index (χ3v) is 2.92. The molecule has 0 aliphatic heterocycles. The molecular formula is C18H25N3. The number of fused-ring (bicyclic) bond motifs is 1. The second-order valence-corrected chi connectivity index (χ2v) is 4.00. The number of benzene rings is 1. The van der Waals surface area contributed by atoms with Crippen molar-refractivity contribution in [3.63, 3.8) is 0 Å². The van der Waals surface area contributed by atoms with Gasteiger partial charge in [-0.3, -0.25) is 0 Å². The minimum absolute atomic E-state index is 0.951. The largest absolute Gasteiger partial charge is 0.236 e. The molecule has 112 valence electrons. The second kappa shape index (κ2) is 8.90. The Bertz CT molecular complexity index is 642. The number of rotatable bonds is 2. The first-order chi connectivity index (χ1) is 10.4. The third kappa shape index (κ3) is 3.91. The average Bonchev–Trinajstić information content (AvgIpc) is 3.01. The van der Waals surface area contributed by atoms with Crippen molar-refractivity contribution in [1.82, 2.24) is 14.6 Å². The van der Waals surface area contributed by atoms with E-state index in [1.54, 1.807) is 0 Å². The molecule has 0 aliphatic carbocycles. The summed E-state index contributed by atoms with van der Waals surface area (Å²) < 4.78 is 1.85. The van der Waals surface area contributed by atoms with Crippen LogP contribution in [-0.4, -0.2) is 14.6 Å². The van der Waals surface area contributed by atoms with Crippen LogP contribution in [0.3, 0.4) is 0 Å². The topological polar surface area (TPSA) is 30.2 Å². The fourth-order valence-electron chi connectivity index (χ4n) is 1.95. The lowest BCUT2D eigenvalue weighted by Crippen LogP contribution is -1.92. The highest BCUT2D eigenvalue weighted by molar-refractivity contribution is 5.63. The zero-order chi connectivity index (χ0) is 15.7. The van der Waals surface area contributed by atoms with E-state index in [2.05, 4.69) is 29.1 Å². The molecular weight excluding hydrogens is 258 g/mol. The van der Waals surface area contributed by atoms with E-state index >= 15 is 0 Å².